The molecule has 0 spiro atoms. The largest absolute Gasteiger partial charge is 0.361 e. The maximum absolute atomic E-state index is 14.5. The molecule has 0 aliphatic carbocycles. The Morgan fingerprint density at radius 3 is 2.39 bits per heavy atom. The number of hydrogen-bond acceptors (Lipinski definition) is 7. The van der Waals surface area contributed by atoms with Crippen LogP contribution in [0.1, 0.15) is 48.8 Å². The fourth-order valence-corrected chi connectivity index (χ4v) is 7.22. The molecule has 5 rings (SSSR count). The van der Waals surface area contributed by atoms with Crippen molar-refractivity contribution in [3.63, 3.8) is 0 Å². The molecule has 0 radical (unpaired) electrons. The van der Waals surface area contributed by atoms with Crippen molar-refractivity contribution in [1.29, 1.82) is 0 Å². The van der Waals surface area contributed by atoms with Crippen molar-refractivity contribution in [2.45, 2.75) is 79.5 Å². The van der Waals surface area contributed by atoms with E-state index in [4.69, 9.17) is 11.5 Å². The first-order valence-corrected chi connectivity index (χ1v) is 17.7. The normalized spacial score (nSPS) is 19.6. The van der Waals surface area contributed by atoms with Crippen molar-refractivity contribution in [2.24, 2.45) is 11.5 Å². The van der Waals surface area contributed by atoms with E-state index >= 15 is 0 Å². The van der Waals surface area contributed by atoms with Gasteiger partial charge >= 0.3 is 0 Å². The summed E-state index contributed by atoms with van der Waals surface area (Å²) in [7, 11) is 1.62. The average molecular weight is 688 g/mol. The van der Waals surface area contributed by atoms with E-state index in [1.807, 2.05) is 54.7 Å². The molecule has 0 fully saturated rings. The van der Waals surface area contributed by atoms with Crippen LogP contribution in [-0.2, 0) is 33.9 Å². The second kappa shape index (κ2) is 17.4. The first kappa shape index (κ1) is 36.1. The number of nitrogens with zero attached hydrogens (tertiary/aromatic N) is 1. The summed E-state index contributed by atoms with van der Waals surface area (Å²) in [5, 5.41) is 10.4. The molecule has 0 saturated carbocycles. The zero-order chi connectivity index (χ0) is 34.8. The summed E-state index contributed by atoms with van der Waals surface area (Å²) < 4.78 is 14.5. The van der Waals surface area contributed by atoms with Crippen LogP contribution in [0.3, 0.4) is 0 Å². The number of nitrogens with two attached hydrogens (primary N) is 2. The maximum atomic E-state index is 14.5. The lowest BCUT2D eigenvalue weighted by atomic mass is 10.0. The van der Waals surface area contributed by atoms with Crippen molar-refractivity contribution in [3.8, 4) is 0 Å². The molecule has 1 aliphatic rings. The third-order valence-corrected chi connectivity index (χ3v) is 10.2. The molecule has 49 heavy (non-hydrogen) atoms. The number of nitrogens with one attached hydrogen (secondary N) is 4. The number of unbranched alkanes of at least 4 members (excludes halogenated alkanes) is 1. The molecule has 12 heteroatoms. The monoisotopic (exact) mass is 687 g/mol. The molecular weight excluding hydrogens is 642 g/mol. The molecule has 3 amide bonds. The predicted octanol–water partition coefficient (Wildman–Crippen LogP) is 3.97. The fourth-order valence-electron chi connectivity index (χ4n) is 6.17. The molecule has 260 valence electrons. The molecule has 3 atom stereocenters. The quantitative estimate of drug-likeness (QED) is 0.145. The molecule has 4 aromatic rings. The second-order valence-corrected chi connectivity index (χ2v) is 13.5. The lowest BCUT2D eigenvalue weighted by Crippen LogP contribution is -2.57. The minimum Gasteiger partial charge on any atom is -0.361 e. The Hall–Kier alpha value is -4.23. The Morgan fingerprint density at radius 1 is 0.837 bits per heavy atom. The first-order valence-electron chi connectivity index (χ1n) is 16.9. The van der Waals surface area contributed by atoms with Crippen LogP contribution >= 0.6 is 11.8 Å². The Kier molecular flexibility index (Phi) is 12.8. The standard InChI is InChI=1S/C37H46FN7O3S/c1-45-32(20-25-22-41-29-11-4-3-10-28(25)29)36(47)43-21-24-9-2-5-14-33(24)49-34-16-15-27(38)19-26(34)23-42-30(13-8-18-40)35(46)44-31(37(45)48)12-6-7-17-39/h2-5,9-11,14-16,19,22,30-32,41-42H,6-8,12-13,17-18,20-21,23,39-40H2,1H3,(H,43,47)(H,44,46). The molecule has 3 aromatic carbocycles. The highest BCUT2D eigenvalue weighted by Gasteiger charge is 2.34. The molecule has 8 N–H and O–H groups in total. The Morgan fingerprint density at radius 2 is 1.57 bits per heavy atom. The number of fused-ring (bicyclic) bond motifs is 3. The van der Waals surface area contributed by atoms with Crippen LogP contribution in [0.4, 0.5) is 4.39 Å². The van der Waals surface area contributed by atoms with Crippen LogP contribution in [0, 0.1) is 5.82 Å². The molecule has 2 heterocycles. The van der Waals surface area contributed by atoms with Gasteiger partial charge in [0.2, 0.25) is 17.7 Å². The highest BCUT2D eigenvalue weighted by atomic mass is 32.2. The third-order valence-electron chi connectivity index (χ3n) is 8.99. The number of carbonyl (C=O) groups excluding carboxylic acids is 3. The fraction of sp³-hybridized carbons (Fsp3) is 0.378. The van der Waals surface area contributed by atoms with Crippen LogP contribution in [0.2, 0.25) is 0 Å². The number of carbonyl (C=O) groups is 3. The summed E-state index contributed by atoms with van der Waals surface area (Å²) in [5.74, 6) is -1.42. The highest BCUT2D eigenvalue weighted by molar-refractivity contribution is 7.99. The molecule has 0 bridgehead atoms. The van der Waals surface area contributed by atoms with E-state index in [2.05, 4.69) is 20.9 Å². The van der Waals surface area contributed by atoms with Crippen molar-refractivity contribution < 1.29 is 18.8 Å². The van der Waals surface area contributed by atoms with Gasteiger partial charge in [0, 0.05) is 53.4 Å². The van der Waals surface area contributed by atoms with Crippen LogP contribution in [-0.4, -0.2) is 65.9 Å². The second-order valence-electron chi connectivity index (χ2n) is 12.4. The van der Waals surface area contributed by atoms with Gasteiger partial charge in [-0.15, -0.1) is 0 Å². The van der Waals surface area contributed by atoms with E-state index in [0.717, 1.165) is 31.8 Å². The van der Waals surface area contributed by atoms with Crippen molar-refractivity contribution in [1.82, 2.24) is 25.8 Å². The average Bonchev–Trinajstić information content (AvgIpc) is 3.52. The number of aromatic nitrogens is 1. The molecular formula is C37H46FN7O3S. The van der Waals surface area contributed by atoms with Gasteiger partial charge in [-0.25, -0.2) is 4.39 Å². The van der Waals surface area contributed by atoms with Crippen LogP contribution in [0.15, 0.2) is 82.7 Å². The summed E-state index contributed by atoms with van der Waals surface area (Å²) in [6.45, 7) is 1.28. The summed E-state index contributed by atoms with van der Waals surface area (Å²) in [5.41, 5.74) is 15.0. The van der Waals surface area contributed by atoms with E-state index in [1.54, 1.807) is 13.1 Å². The Bertz CT molecular complexity index is 1750. The van der Waals surface area contributed by atoms with Gasteiger partial charge in [0.25, 0.3) is 0 Å². The van der Waals surface area contributed by atoms with Crippen molar-refractivity contribution >= 4 is 40.4 Å². The van der Waals surface area contributed by atoms with E-state index in [0.29, 0.717) is 50.8 Å². The van der Waals surface area contributed by atoms with Gasteiger partial charge in [-0.3, -0.25) is 14.4 Å². The van der Waals surface area contributed by atoms with E-state index in [1.165, 1.54) is 28.8 Å². The number of likely N-dealkylation sites (N-methyl/N-ethyl adjacent to an activating group) is 1. The summed E-state index contributed by atoms with van der Waals surface area (Å²) in [6, 6.07) is 17.7. The third kappa shape index (κ3) is 9.27. The minimum atomic E-state index is -0.888. The van der Waals surface area contributed by atoms with E-state index in [9.17, 15) is 18.8 Å². The summed E-state index contributed by atoms with van der Waals surface area (Å²) in [4.78, 5) is 48.8. The van der Waals surface area contributed by atoms with Crippen LogP contribution < -0.4 is 27.4 Å². The number of hydrogen-bond donors (Lipinski definition) is 6. The van der Waals surface area contributed by atoms with E-state index < -0.39 is 18.1 Å². The predicted molar refractivity (Wildman–Crippen MR) is 191 cm³/mol. The zero-order valence-electron chi connectivity index (χ0n) is 27.8. The summed E-state index contributed by atoms with van der Waals surface area (Å²) in [6.07, 6.45) is 4.78. The lowest BCUT2D eigenvalue weighted by Gasteiger charge is -2.32. The van der Waals surface area contributed by atoms with Crippen molar-refractivity contribution in [3.05, 3.63) is 95.4 Å². The van der Waals surface area contributed by atoms with Gasteiger partial charge in [-0.2, -0.15) is 0 Å². The molecule has 3 unspecified atom stereocenters. The zero-order valence-corrected chi connectivity index (χ0v) is 28.7. The number of para-hydroxylation sites is 1. The summed E-state index contributed by atoms with van der Waals surface area (Å²) >= 11 is 1.47. The number of benzene rings is 3. The van der Waals surface area contributed by atoms with Crippen LogP contribution in [0.5, 0.6) is 0 Å². The minimum absolute atomic E-state index is 0.222. The van der Waals surface area contributed by atoms with Gasteiger partial charge in [0.1, 0.15) is 17.9 Å². The van der Waals surface area contributed by atoms with Crippen LogP contribution in [0.25, 0.3) is 10.9 Å². The van der Waals surface area contributed by atoms with Gasteiger partial charge in [0.05, 0.1) is 6.04 Å². The molecule has 1 aliphatic heterocycles. The molecule has 0 saturated heterocycles. The number of H-pyrrole nitrogens is 1. The first-order chi connectivity index (χ1) is 23.8. The van der Waals surface area contributed by atoms with Gasteiger partial charge in [-0.05, 0) is 92.2 Å². The number of amides is 3. The number of halogens is 1. The Balaban J connectivity index is 1.55. The number of aromatic amines is 1. The molecule has 1 aromatic heterocycles. The van der Waals surface area contributed by atoms with Gasteiger partial charge < -0.3 is 37.3 Å². The maximum Gasteiger partial charge on any atom is 0.245 e. The van der Waals surface area contributed by atoms with Gasteiger partial charge in [0.15, 0.2) is 0 Å². The lowest BCUT2D eigenvalue weighted by molar-refractivity contribution is -0.142. The Labute approximate surface area is 290 Å². The van der Waals surface area contributed by atoms with Crippen molar-refractivity contribution in [2.75, 3.05) is 20.1 Å². The number of rotatable bonds is 9. The van der Waals surface area contributed by atoms with E-state index in [-0.39, 0.29) is 43.0 Å². The topological polar surface area (TPSA) is 158 Å². The molecule has 10 nitrogen and oxygen atoms in total. The highest BCUT2D eigenvalue weighted by Crippen LogP contribution is 2.33. The SMILES string of the molecule is CN1C(=O)C(CCCCN)NC(=O)C(CCCN)NCc2cc(F)ccc2Sc2ccccc2CNC(=O)C1Cc1c[nH]c2ccccc12. The smallest absolute Gasteiger partial charge is 0.245 e. The van der Waals surface area contributed by atoms with Gasteiger partial charge in [-0.1, -0.05) is 48.2 Å².